The lowest BCUT2D eigenvalue weighted by Crippen LogP contribution is -2.34. The summed E-state index contributed by atoms with van der Waals surface area (Å²) in [5.74, 6) is -1.95. The molecule has 0 bridgehead atoms. The van der Waals surface area contributed by atoms with E-state index in [0.717, 1.165) is 5.57 Å². The lowest BCUT2D eigenvalue weighted by molar-refractivity contribution is -0.147. The van der Waals surface area contributed by atoms with E-state index in [9.17, 15) is 19.8 Å². The fourth-order valence-electron chi connectivity index (χ4n) is 3.23. The Morgan fingerprint density at radius 3 is 2.74 bits per heavy atom. The molecule has 1 heterocycles. The normalized spacial score (nSPS) is 33.3. The van der Waals surface area contributed by atoms with E-state index in [1.165, 1.54) is 6.08 Å². The van der Waals surface area contributed by atoms with Crippen molar-refractivity contribution in [3.63, 3.8) is 0 Å². The number of fused-ring (bicyclic) bond motifs is 1. The molecule has 1 aliphatic heterocycles. The summed E-state index contributed by atoms with van der Waals surface area (Å²) in [6, 6.07) is 0. The third kappa shape index (κ3) is 4.94. The molecule has 0 saturated carbocycles. The Balaban J connectivity index is 2.40. The third-order valence-electron chi connectivity index (χ3n) is 4.86. The van der Waals surface area contributed by atoms with Crippen LogP contribution in [-0.4, -0.2) is 58.8 Å². The van der Waals surface area contributed by atoms with Crippen LogP contribution in [0.5, 0.6) is 0 Å². The van der Waals surface area contributed by atoms with Gasteiger partial charge in [-0.2, -0.15) is 0 Å². The smallest absolute Gasteiger partial charge is 0.336 e. The third-order valence-corrected chi connectivity index (χ3v) is 4.86. The summed E-state index contributed by atoms with van der Waals surface area (Å²) < 4.78 is 11.0. The molecule has 0 radical (unpaired) electrons. The van der Waals surface area contributed by atoms with E-state index in [0.29, 0.717) is 18.4 Å². The van der Waals surface area contributed by atoms with Crippen LogP contribution in [0.15, 0.2) is 47.1 Å². The van der Waals surface area contributed by atoms with Crippen molar-refractivity contribution in [1.29, 1.82) is 0 Å². The Kier molecular flexibility index (Phi) is 7.12. The van der Waals surface area contributed by atoms with Crippen molar-refractivity contribution in [3.05, 3.63) is 47.1 Å². The van der Waals surface area contributed by atoms with Crippen molar-refractivity contribution < 1.29 is 34.4 Å². The zero-order valence-electron chi connectivity index (χ0n) is 15.6. The second-order valence-electron chi connectivity index (χ2n) is 6.85. The molecule has 0 aromatic heterocycles. The standard InChI is InChI=1S/C20H26O7/c1-11-4-5-15(23)12(2)9-17-18(13(3)19(24)26-17)16(8-11)27-20(25)14(10-22)6-7-21/h4,6,9,15-18,21-23H,3,5,7-8,10H2,1-2H3/b11-4-,12-9-,14-6+/t15-,16-,17+,18-/m1/s1. The van der Waals surface area contributed by atoms with Gasteiger partial charge < -0.3 is 24.8 Å². The first kappa shape index (κ1) is 21.1. The van der Waals surface area contributed by atoms with Gasteiger partial charge in [0.25, 0.3) is 0 Å². The van der Waals surface area contributed by atoms with Crippen LogP contribution >= 0.6 is 0 Å². The highest BCUT2D eigenvalue weighted by molar-refractivity contribution is 5.92. The SMILES string of the molecule is C=C1C(=O)O[C@H]2/C=C(/C)[C@H](O)C/C=C(/C)C[C@@H](OC(=O)/C(=C/CO)CO)[C@@H]12. The van der Waals surface area contributed by atoms with Crippen molar-refractivity contribution in [3.8, 4) is 0 Å². The number of carbonyl (C=O) groups is 2. The lowest BCUT2D eigenvalue weighted by atomic mass is 9.85. The Morgan fingerprint density at radius 2 is 2.11 bits per heavy atom. The van der Waals surface area contributed by atoms with Gasteiger partial charge in [-0.1, -0.05) is 18.2 Å². The minimum Gasteiger partial charge on any atom is -0.458 e. The first-order chi connectivity index (χ1) is 12.8. The molecule has 2 rings (SSSR count). The van der Waals surface area contributed by atoms with Crippen LogP contribution in [-0.2, 0) is 19.1 Å². The number of carbonyl (C=O) groups excluding carboxylic acids is 2. The maximum absolute atomic E-state index is 12.4. The summed E-state index contributed by atoms with van der Waals surface area (Å²) in [5.41, 5.74) is 1.66. The highest BCUT2D eigenvalue weighted by atomic mass is 16.6. The van der Waals surface area contributed by atoms with Crippen molar-refractivity contribution in [1.82, 2.24) is 0 Å². The number of esters is 2. The van der Waals surface area contributed by atoms with Crippen LogP contribution in [0.2, 0.25) is 0 Å². The van der Waals surface area contributed by atoms with E-state index in [1.807, 2.05) is 13.0 Å². The highest BCUT2D eigenvalue weighted by Gasteiger charge is 2.44. The monoisotopic (exact) mass is 378 g/mol. The van der Waals surface area contributed by atoms with Crippen molar-refractivity contribution in [2.75, 3.05) is 13.2 Å². The largest absolute Gasteiger partial charge is 0.458 e. The van der Waals surface area contributed by atoms with Gasteiger partial charge in [-0.15, -0.1) is 0 Å². The minimum atomic E-state index is -0.770. The number of hydrogen-bond acceptors (Lipinski definition) is 7. The summed E-state index contributed by atoms with van der Waals surface area (Å²) >= 11 is 0. The molecule has 148 valence electrons. The Morgan fingerprint density at radius 1 is 1.41 bits per heavy atom. The fraction of sp³-hybridized carbons (Fsp3) is 0.500. The first-order valence-corrected chi connectivity index (χ1v) is 8.82. The summed E-state index contributed by atoms with van der Waals surface area (Å²) in [4.78, 5) is 24.5. The second-order valence-corrected chi connectivity index (χ2v) is 6.85. The Hall–Kier alpha value is -2.22. The molecule has 7 heteroatoms. The highest BCUT2D eigenvalue weighted by Crippen LogP contribution is 2.36. The average molecular weight is 378 g/mol. The van der Waals surface area contributed by atoms with Crippen LogP contribution in [0, 0.1) is 5.92 Å². The van der Waals surface area contributed by atoms with E-state index in [2.05, 4.69) is 6.58 Å². The van der Waals surface area contributed by atoms with E-state index < -0.39 is 49.4 Å². The molecule has 1 aliphatic carbocycles. The van der Waals surface area contributed by atoms with Crippen LogP contribution in [0.25, 0.3) is 0 Å². The number of aliphatic hydroxyl groups excluding tert-OH is 3. The predicted octanol–water partition coefficient (Wildman–Crippen LogP) is 0.954. The zero-order valence-corrected chi connectivity index (χ0v) is 15.6. The van der Waals surface area contributed by atoms with Crippen LogP contribution in [0.1, 0.15) is 26.7 Å². The summed E-state index contributed by atoms with van der Waals surface area (Å²) in [5, 5.41) is 28.5. The van der Waals surface area contributed by atoms with Gasteiger partial charge in [0.1, 0.15) is 12.2 Å². The summed E-state index contributed by atoms with van der Waals surface area (Å²) in [6.45, 7) is 6.41. The molecule has 27 heavy (non-hydrogen) atoms. The van der Waals surface area contributed by atoms with Crippen molar-refractivity contribution in [2.45, 2.75) is 45.0 Å². The topological polar surface area (TPSA) is 113 Å². The molecule has 0 aromatic rings. The average Bonchev–Trinajstić information content (AvgIpc) is 2.89. The van der Waals surface area contributed by atoms with Gasteiger partial charge in [0.2, 0.25) is 0 Å². The molecule has 4 atom stereocenters. The maximum atomic E-state index is 12.4. The van der Waals surface area contributed by atoms with E-state index in [-0.39, 0.29) is 11.1 Å². The van der Waals surface area contributed by atoms with Gasteiger partial charge in [0.05, 0.1) is 30.8 Å². The zero-order chi connectivity index (χ0) is 20.1. The van der Waals surface area contributed by atoms with Crippen LogP contribution in [0.4, 0.5) is 0 Å². The molecule has 7 nitrogen and oxygen atoms in total. The Labute approximate surface area is 158 Å². The van der Waals surface area contributed by atoms with E-state index >= 15 is 0 Å². The minimum absolute atomic E-state index is 0.0641. The molecule has 0 amide bonds. The molecular formula is C20H26O7. The van der Waals surface area contributed by atoms with Crippen molar-refractivity contribution >= 4 is 11.9 Å². The van der Waals surface area contributed by atoms with Gasteiger partial charge in [-0.3, -0.25) is 0 Å². The first-order valence-electron chi connectivity index (χ1n) is 8.82. The van der Waals surface area contributed by atoms with Crippen molar-refractivity contribution in [2.24, 2.45) is 5.92 Å². The predicted molar refractivity (Wildman–Crippen MR) is 97.4 cm³/mol. The summed E-state index contributed by atoms with van der Waals surface area (Å²) in [6.07, 6.45) is 3.27. The number of ether oxygens (including phenoxy) is 2. The Bertz CT molecular complexity index is 701. The number of hydrogen-bond donors (Lipinski definition) is 3. The second kappa shape index (κ2) is 9.12. The van der Waals surface area contributed by atoms with Crippen LogP contribution < -0.4 is 0 Å². The number of rotatable bonds is 4. The summed E-state index contributed by atoms with van der Waals surface area (Å²) in [7, 11) is 0. The fourth-order valence-corrected chi connectivity index (χ4v) is 3.23. The molecule has 0 aromatic carbocycles. The van der Waals surface area contributed by atoms with Crippen LogP contribution in [0.3, 0.4) is 0 Å². The maximum Gasteiger partial charge on any atom is 0.336 e. The van der Waals surface area contributed by atoms with E-state index in [4.69, 9.17) is 14.6 Å². The van der Waals surface area contributed by atoms with E-state index in [1.54, 1.807) is 13.0 Å². The molecule has 0 spiro atoms. The molecule has 1 saturated heterocycles. The van der Waals surface area contributed by atoms with Gasteiger partial charge in [0.15, 0.2) is 0 Å². The molecule has 0 unspecified atom stereocenters. The number of aliphatic hydroxyl groups is 3. The van der Waals surface area contributed by atoms with Gasteiger partial charge in [-0.05, 0) is 38.0 Å². The van der Waals surface area contributed by atoms with Gasteiger partial charge >= 0.3 is 11.9 Å². The van der Waals surface area contributed by atoms with Gasteiger partial charge in [0, 0.05) is 12.0 Å². The van der Waals surface area contributed by atoms with Gasteiger partial charge in [-0.25, -0.2) is 9.59 Å². The quantitative estimate of drug-likeness (QED) is 0.379. The molecule has 2 aliphatic rings. The molecule has 3 N–H and O–H groups in total. The molecular weight excluding hydrogens is 352 g/mol. The lowest BCUT2D eigenvalue weighted by Gasteiger charge is -2.28. The molecule has 1 fully saturated rings.